The molecule has 60 heavy (non-hydrogen) atoms. The Morgan fingerprint density at radius 1 is 0.733 bits per heavy atom. The van der Waals surface area contributed by atoms with Crippen molar-refractivity contribution in [1.82, 2.24) is 16.0 Å². The third kappa shape index (κ3) is 21.9. The highest BCUT2D eigenvalue weighted by Crippen LogP contribution is 2.20. The van der Waals surface area contributed by atoms with Crippen molar-refractivity contribution in [3.63, 3.8) is 0 Å². The average Bonchev–Trinajstić information content (AvgIpc) is 3.23. The first kappa shape index (κ1) is 50.5. The van der Waals surface area contributed by atoms with Crippen LogP contribution in [0.1, 0.15) is 95.0 Å². The second-order valence-electron chi connectivity index (χ2n) is 14.2. The lowest BCUT2D eigenvalue weighted by Gasteiger charge is -2.29. The number of halogens is 1. The lowest BCUT2D eigenvalue weighted by Crippen LogP contribution is -2.56. The fourth-order valence-electron chi connectivity index (χ4n) is 5.33. The summed E-state index contributed by atoms with van der Waals surface area (Å²) in [7, 11) is 1.15. The number of allylic oxidation sites excluding steroid dienone is 12. The Labute approximate surface area is 361 Å². The minimum absolute atomic E-state index is 0.187. The number of carbonyl (C=O) groups excluding carboxylic acids is 5. The lowest BCUT2D eigenvalue weighted by molar-refractivity contribution is -0.159. The highest BCUT2D eigenvalue weighted by molar-refractivity contribution is 6.30. The van der Waals surface area contributed by atoms with Gasteiger partial charge in [0.15, 0.2) is 11.6 Å². The Bertz CT molecular complexity index is 1810. The van der Waals surface area contributed by atoms with Gasteiger partial charge in [-0.15, -0.1) is 0 Å². The predicted molar refractivity (Wildman–Crippen MR) is 239 cm³/mol. The van der Waals surface area contributed by atoms with Crippen molar-refractivity contribution in [1.29, 1.82) is 0 Å². The molecule has 0 bridgehead atoms. The highest BCUT2D eigenvalue weighted by Gasteiger charge is 2.37. The molecule has 0 aliphatic carbocycles. The Balaban J connectivity index is 1.69. The van der Waals surface area contributed by atoms with Crippen LogP contribution in [0.25, 0.3) is 0 Å². The minimum atomic E-state index is -1.44. The van der Waals surface area contributed by atoms with Crippen LogP contribution < -0.4 is 20.7 Å². The standard InChI is InChI=1S/C48H62ClN3O8/c1-6-7-8-9-10-11-12-13-14-15-16-17-18-19-20-21-22-23-24-25-42(53)51-36-43(54)59-37(2)44(46(56)58-5)52-47(57)48(3,4)60-41-32-26-38(27-33-41)34-35-50-45(55)39-28-30-40(49)31-29-39/h7-8,10-11,13-14,16-17,19-20,22-23,26-33,37,44H,6,9,12,15,18,21,24-25,34-36H2,1-5H3,(H,50,55)(H,51,53)(H,52,57)/b8-7-,11-10-,14-13-,17-16-,20-19-,23-22-. The van der Waals surface area contributed by atoms with Crippen molar-refractivity contribution >= 4 is 41.3 Å². The molecule has 324 valence electrons. The SMILES string of the molecule is CC/C=C\C/C=C\C/C=C\C/C=C\C/C=C\C/C=C\CCC(=O)NCC(=O)OC(C)C(NC(=O)C(C)(C)Oc1ccc(CCNC(=O)c2ccc(Cl)cc2)cc1)C(=O)OC. The van der Waals surface area contributed by atoms with E-state index in [1.165, 1.54) is 20.8 Å². The van der Waals surface area contributed by atoms with Crippen LogP contribution in [0.5, 0.6) is 5.75 Å². The Morgan fingerprint density at radius 2 is 1.27 bits per heavy atom. The van der Waals surface area contributed by atoms with Crippen molar-refractivity contribution in [2.75, 3.05) is 20.2 Å². The van der Waals surface area contributed by atoms with E-state index in [1.54, 1.807) is 36.4 Å². The van der Waals surface area contributed by atoms with Gasteiger partial charge in [-0.1, -0.05) is 104 Å². The zero-order valence-corrected chi connectivity index (χ0v) is 36.4. The smallest absolute Gasteiger partial charge is 0.332 e. The fraction of sp³-hybridized carbons (Fsp3) is 0.396. The largest absolute Gasteiger partial charge is 0.478 e. The molecule has 0 saturated carbocycles. The number of carbonyl (C=O) groups is 5. The highest BCUT2D eigenvalue weighted by atomic mass is 35.5. The maximum Gasteiger partial charge on any atom is 0.332 e. The van der Waals surface area contributed by atoms with Crippen LogP contribution in [0, 0.1) is 0 Å². The summed E-state index contributed by atoms with van der Waals surface area (Å²) in [5.41, 5.74) is 0.00286. The molecule has 0 spiro atoms. The Morgan fingerprint density at radius 3 is 1.80 bits per heavy atom. The zero-order valence-electron chi connectivity index (χ0n) is 35.6. The Hall–Kier alpha value is -5.68. The van der Waals surface area contributed by atoms with Gasteiger partial charge in [-0.2, -0.15) is 0 Å². The molecule has 11 nitrogen and oxygen atoms in total. The number of amides is 3. The molecule has 2 rings (SSSR count). The maximum atomic E-state index is 13.3. The molecule has 0 saturated heterocycles. The first-order valence-corrected chi connectivity index (χ1v) is 20.8. The van der Waals surface area contributed by atoms with Gasteiger partial charge in [0.05, 0.1) is 7.11 Å². The van der Waals surface area contributed by atoms with Crippen LogP contribution in [0.2, 0.25) is 5.02 Å². The monoisotopic (exact) mass is 843 g/mol. The molecule has 0 radical (unpaired) electrons. The predicted octanol–water partition coefficient (Wildman–Crippen LogP) is 8.65. The van der Waals surface area contributed by atoms with Crippen LogP contribution >= 0.6 is 11.6 Å². The van der Waals surface area contributed by atoms with Gasteiger partial charge in [0, 0.05) is 23.6 Å². The lowest BCUT2D eigenvalue weighted by atomic mass is 10.1. The number of hydrogen-bond acceptors (Lipinski definition) is 8. The number of hydrogen-bond donors (Lipinski definition) is 3. The van der Waals surface area contributed by atoms with E-state index in [0.717, 1.165) is 51.2 Å². The third-order valence-corrected chi connectivity index (χ3v) is 8.99. The molecule has 2 unspecified atom stereocenters. The first-order chi connectivity index (χ1) is 28.9. The van der Waals surface area contributed by atoms with Gasteiger partial charge in [0.25, 0.3) is 11.8 Å². The van der Waals surface area contributed by atoms with E-state index < -0.39 is 42.1 Å². The number of nitrogens with one attached hydrogen (secondary N) is 3. The van der Waals surface area contributed by atoms with Gasteiger partial charge >= 0.3 is 11.9 Å². The van der Waals surface area contributed by atoms with E-state index in [2.05, 4.69) is 83.6 Å². The molecule has 0 aliphatic heterocycles. The second-order valence-corrected chi connectivity index (χ2v) is 14.6. The number of rotatable bonds is 27. The van der Waals surface area contributed by atoms with Gasteiger partial charge in [0.1, 0.15) is 18.4 Å². The molecule has 3 amide bonds. The topological polar surface area (TPSA) is 149 Å². The van der Waals surface area contributed by atoms with E-state index in [0.29, 0.717) is 35.7 Å². The molecular weight excluding hydrogens is 782 g/mol. The van der Waals surface area contributed by atoms with Crippen molar-refractivity contribution in [2.45, 2.75) is 103 Å². The number of methoxy groups -OCH3 is 1. The maximum absolute atomic E-state index is 13.3. The fourth-order valence-corrected chi connectivity index (χ4v) is 5.45. The first-order valence-electron chi connectivity index (χ1n) is 20.4. The summed E-state index contributed by atoms with van der Waals surface area (Å²) in [4.78, 5) is 63.2. The summed E-state index contributed by atoms with van der Waals surface area (Å²) in [6.07, 6.45) is 31.1. The molecule has 0 aliphatic rings. The van der Waals surface area contributed by atoms with Crippen LogP contribution in [0.15, 0.2) is 121 Å². The van der Waals surface area contributed by atoms with E-state index in [9.17, 15) is 24.0 Å². The van der Waals surface area contributed by atoms with E-state index in [1.807, 2.05) is 24.3 Å². The summed E-state index contributed by atoms with van der Waals surface area (Å²) in [5.74, 6) is -2.40. The molecule has 2 aromatic rings. The second kappa shape index (κ2) is 29.5. The van der Waals surface area contributed by atoms with Crippen molar-refractivity contribution in [3.05, 3.63) is 138 Å². The molecule has 0 aromatic heterocycles. The van der Waals surface area contributed by atoms with Gasteiger partial charge in [-0.05, 0) is 114 Å². The molecule has 0 heterocycles. The van der Waals surface area contributed by atoms with E-state index in [4.69, 9.17) is 25.8 Å². The van der Waals surface area contributed by atoms with Gasteiger partial charge < -0.3 is 30.2 Å². The van der Waals surface area contributed by atoms with Crippen molar-refractivity contribution in [3.8, 4) is 5.75 Å². The van der Waals surface area contributed by atoms with E-state index in [-0.39, 0.29) is 18.2 Å². The molecule has 12 heteroatoms. The van der Waals surface area contributed by atoms with Crippen LogP contribution in [0.3, 0.4) is 0 Å². The Kier molecular flexibility index (Phi) is 24.8. The molecule has 2 aromatic carbocycles. The van der Waals surface area contributed by atoms with Crippen LogP contribution in [-0.2, 0) is 35.1 Å². The van der Waals surface area contributed by atoms with Crippen LogP contribution in [0.4, 0.5) is 0 Å². The normalized spacial score (nSPS) is 13.0. The summed E-state index contributed by atoms with van der Waals surface area (Å²) >= 11 is 5.89. The van der Waals surface area contributed by atoms with E-state index >= 15 is 0 Å². The summed E-state index contributed by atoms with van der Waals surface area (Å²) in [6.45, 7) is 6.63. The quantitative estimate of drug-likeness (QED) is 0.0598. The third-order valence-electron chi connectivity index (χ3n) is 8.74. The van der Waals surface area contributed by atoms with Crippen LogP contribution in [-0.4, -0.2) is 67.6 Å². The summed E-state index contributed by atoms with van der Waals surface area (Å²) in [5, 5.41) is 8.51. The van der Waals surface area contributed by atoms with Gasteiger partial charge in [-0.25, -0.2) is 4.79 Å². The summed E-state index contributed by atoms with van der Waals surface area (Å²) < 4.78 is 16.2. The molecule has 2 atom stereocenters. The number of ether oxygens (including phenoxy) is 3. The zero-order chi connectivity index (χ0) is 44.0. The number of esters is 2. The molecule has 3 N–H and O–H groups in total. The molecule has 0 fully saturated rings. The molecular formula is C48H62ClN3O8. The van der Waals surface area contributed by atoms with Crippen molar-refractivity contribution in [2.24, 2.45) is 0 Å². The minimum Gasteiger partial charge on any atom is -0.478 e. The van der Waals surface area contributed by atoms with Gasteiger partial charge in [-0.3, -0.25) is 19.2 Å². The van der Waals surface area contributed by atoms with Crippen molar-refractivity contribution < 1.29 is 38.2 Å². The average molecular weight is 844 g/mol. The van der Waals surface area contributed by atoms with Gasteiger partial charge in [0.2, 0.25) is 5.91 Å². The number of benzene rings is 2. The summed E-state index contributed by atoms with van der Waals surface area (Å²) in [6, 6.07) is 12.3.